The van der Waals surface area contributed by atoms with E-state index in [0.29, 0.717) is 13.0 Å². The Bertz CT molecular complexity index is 150. The van der Waals surface area contributed by atoms with E-state index in [4.69, 9.17) is 4.74 Å². The van der Waals surface area contributed by atoms with Crippen LogP contribution in [0.3, 0.4) is 0 Å². The standard InChI is InChI=1S/C10H20F3NO/c1-14-9(6-4-8-15-2)5-3-7-10(11,12)13/h9,14H,3-8H2,1-2H3. The molecule has 15 heavy (non-hydrogen) atoms. The number of hydrogen-bond acceptors (Lipinski definition) is 2. The second-order valence-corrected chi connectivity index (χ2v) is 3.63. The van der Waals surface area contributed by atoms with Crippen LogP contribution in [0.5, 0.6) is 0 Å². The molecule has 1 atom stereocenters. The van der Waals surface area contributed by atoms with Gasteiger partial charge in [-0.1, -0.05) is 0 Å². The van der Waals surface area contributed by atoms with E-state index < -0.39 is 12.6 Å². The lowest BCUT2D eigenvalue weighted by molar-refractivity contribution is -0.135. The summed E-state index contributed by atoms with van der Waals surface area (Å²) in [6, 6.07) is 0.169. The van der Waals surface area contributed by atoms with Crippen LogP contribution in [0.2, 0.25) is 0 Å². The Morgan fingerprint density at radius 2 is 1.80 bits per heavy atom. The molecule has 0 fully saturated rings. The molecular weight excluding hydrogens is 207 g/mol. The minimum atomic E-state index is -4.02. The third-order valence-electron chi connectivity index (χ3n) is 2.32. The van der Waals surface area contributed by atoms with E-state index >= 15 is 0 Å². The van der Waals surface area contributed by atoms with Crippen LogP contribution in [0.1, 0.15) is 32.1 Å². The average molecular weight is 227 g/mol. The van der Waals surface area contributed by atoms with Gasteiger partial charge in [0.05, 0.1) is 0 Å². The first-order valence-electron chi connectivity index (χ1n) is 5.22. The molecule has 0 saturated carbocycles. The largest absolute Gasteiger partial charge is 0.389 e. The second-order valence-electron chi connectivity index (χ2n) is 3.63. The Hall–Kier alpha value is -0.290. The van der Waals surface area contributed by atoms with Crippen molar-refractivity contribution in [3.05, 3.63) is 0 Å². The molecule has 0 bridgehead atoms. The zero-order chi connectivity index (χ0) is 11.7. The number of halogens is 3. The van der Waals surface area contributed by atoms with Crippen LogP contribution in [0.15, 0.2) is 0 Å². The third-order valence-corrected chi connectivity index (χ3v) is 2.32. The highest BCUT2D eigenvalue weighted by Crippen LogP contribution is 2.23. The quantitative estimate of drug-likeness (QED) is 0.644. The van der Waals surface area contributed by atoms with Gasteiger partial charge in [-0.2, -0.15) is 13.2 Å². The Morgan fingerprint density at radius 3 is 2.27 bits per heavy atom. The van der Waals surface area contributed by atoms with Gasteiger partial charge < -0.3 is 10.1 Å². The SMILES string of the molecule is CNC(CCCOC)CCCC(F)(F)F. The fraction of sp³-hybridized carbons (Fsp3) is 1.00. The first kappa shape index (κ1) is 14.7. The molecule has 0 aromatic heterocycles. The predicted molar refractivity (Wildman–Crippen MR) is 53.9 cm³/mol. The molecule has 0 heterocycles. The first-order chi connectivity index (χ1) is 6.99. The summed E-state index contributed by atoms with van der Waals surface area (Å²) >= 11 is 0. The lowest BCUT2D eigenvalue weighted by atomic mass is 10.0. The predicted octanol–water partition coefficient (Wildman–Crippen LogP) is 2.73. The molecule has 0 aliphatic rings. The van der Waals surface area contributed by atoms with Crippen LogP contribution < -0.4 is 5.32 Å². The minimum Gasteiger partial charge on any atom is -0.385 e. The van der Waals surface area contributed by atoms with Crippen LogP contribution in [-0.2, 0) is 4.74 Å². The number of methoxy groups -OCH3 is 1. The molecule has 1 unspecified atom stereocenters. The molecule has 0 radical (unpaired) electrons. The number of nitrogens with one attached hydrogen (secondary N) is 1. The highest BCUT2D eigenvalue weighted by atomic mass is 19.4. The highest BCUT2D eigenvalue weighted by Gasteiger charge is 2.26. The number of ether oxygens (including phenoxy) is 1. The zero-order valence-electron chi connectivity index (χ0n) is 9.36. The van der Waals surface area contributed by atoms with E-state index in [1.54, 1.807) is 14.2 Å². The smallest absolute Gasteiger partial charge is 0.385 e. The van der Waals surface area contributed by atoms with Crippen molar-refractivity contribution >= 4 is 0 Å². The van der Waals surface area contributed by atoms with E-state index in [9.17, 15) is 13.2 Å². The molecule has 1 N–H and O–H groups in total. The van der Waals surface area contributed by atoms with Gasteiger partial charge in [-0.25, -0.2) is 0 Å². The Labute approximate surface area is 89.2 Å². The van der Waals surface area contributed by atoms with E-state index in [2.05, 4.69) is 5.32 Å². The van der Waals surface area contributed by atoms with Crippen LogP contribution in [0.4, 0.5) is 13.2 Å². The van der Waals surface area contributed by atoms with Gasteiger partial charge in [-0.05, 0) is 32.7 Å². The molecule has 92 valence electrons. The van der Waals surface area contributed by atoms with Gasteiger partial charge in [0.2, 0.25) is 0 Å². The molecular formula is C10H20F3NO. The van der Waals surface area contributed by atoms with Gasteiger partial charge in [0.25, 0.3) is 0 Å². The van der Waals surface area contributed by atoms with Crippen molar-refractivity contribution in [3.8, 4) is 0 Å². The molecule has 2 nitrogen and oxygen atoms in total. The van der Waals surface area contributed by atoms with Gasteiger partial charge in [-0.15, -0.1) is 0 Å². The van der Waals surface area contributed by atoms with Gasteiger partial charge in [0.15, 0.2) is 0 Å². The average Bonchev–Trinajstić information content (AvgIpc) is 2.14. The van der Waals surface area contributed by atoms with Crippen LogP contribution in [0.25, 0.3) is 0 Å². The summed E-state index contributed by atoms with van der Waals surface area (Å²) in [6.07, 6.45) is -2.20. The summed E-state index contributed by atoms with van der Waals surface area (Å²) in [5, 5.41) is 3.02. The maximum atomic E-state index is 11.9. The maximum Gasteiger partial charge on any atom is 0.389 e. The van der Waals surface area contributed by atoms with Crippen LogP contribution in [-0.4, -0.2) is 33.0 Å². The van der Waals surface area contributed by atoms with Gasteiger partial charge >= 0.3 is 6.18 Å². The third kappa shape index (κ3) is 10.0. The van der Waals surface area contributed by atoms with Crippen LogP contribution >= 0.6 is 0 Å². The Balaban J connectivity index is 3.52. The monoisotopic (exact) mass is 227 g/mol. The van der Waals surface area contributed by atoms with Crippen molar-refractivity contribution in [1.82, 2.24) is 5.32 Å². The molecule has 0 saturated heterocycles. The molecule has 0 aliphatic carbocycles. The van der Waals surface area contributed by atoms with Gasteiger partial charge in [-0.3, -0.25) is 0 Å². The lowest BCUT2D eigenvalue weighted by Crippen LogP contribution is -2.26. The van der Waals surface area contributed by atoms with Crippen molar-refractivity contribution in [2.45, 2.75) is 44.3 Å². The van der Waals surface area contributed by atoms with Crippen molar-refractivity contribution in [2.24, 2.45) is 0 Å². The van der Waals surface area contributed by atoms with Crippen LogP contribution in [0, 0.1) is 0 Å². The summed E-state index contributed by atoms with van der Waals surface area (Å²) in [7, 11) is 3.41. The molecule has 0 spiro atoms. The fourth-order valence-corrected chi connectivity index (χ4v) is 1.46. The molecule has 5 heteroatoms. The number of rotatable bonds is 8. The van der Waals surface area contributed by atoms with Gasteiger partial charge in [0, 0.05) is 26.2 Å². The highest BCUT2D eigenvalue weighted by molar-refractivity contribution is 4.65. The van der Waals surface area contributed by atoms with E-state index in [0.717, 1.165) is 12.8 Å². The maximum absolute atomic E-state index is 11.9. The minimum absolute atomic E-state index is 0.169. The topological polar surface area (TPSA) is 21.3 Å². The molecule has 0 rings (SSSR count). The number of alkyl halides is 3. The molecule has 0 amide bonds. The molecule has 0 aromatic rings. The van der Waals surface area contributed by atoms with E-state index in [-0.39, 0.29) is 12.5 Å². The normalized spacial score (nSPS) is 14.2. The van der Waals surface area contributed by atoms with Crippen molar-refractivity contribution in [1.29, 1.82) is 0 Å². The first-order valence-corrected chi connectivity index (χ1v) is 5.22. The summed E-state index contributed by atoms with van der Waals surface area (Å²) < 4.78 is 40.5. The Kier molecular flexibility index (Phi) is 7.78. The summed E-state index contributed by atoms with van der Waals surface area (Å²) in [5.74, 6) is 0. The molecule has 0 aliphatic heterocycles. The summed E-state index contributed by atoms with van der Waals surface area (Å²) in [6.45, 7) is 0.664. The van der Waals surface area contributed by atoms with E-state index in [1.165, 1.54) is 0 Å². The second kappa shape index (κ2) is 7.93. The van der Waals surface area contributed by atoms with Crippen molar-refractivity contribution < 1.29 is 17.9 Å². The lowest BCUT2D eigenvalue weighted by Gasteiger charge is -2.16. The van der Waals surface area contributed by atoms with Crippen molar-refractivity contribution in [3.63, 3.8) is 0 Å². The van der Waals surface area contributed by atoms with Gasteiger partial charge in [0.1, 0.15) is 0 Å². The van der Waals surface area contributed by atoms with Crippen molar-refractivity contribution in [2.75, 3.05) is 20.8 Å². The van der Waals surface area contributed by atoms with E-state index in [1.807, 2.05) is 0 Å². The Morgan fingerprint density at radius 1 is 1.20 bits per heavy atom. The fourth-order valence-electron chi connectivity index (χ4n) is 1.46. The summed E-state index contributed by atoms with van der Waals surface area (Å²) in [5.41, 5.74) is 0. The summed E-state index contributed by atoms with van der Waals surface area (Å²) in [4.78, 5) is 0. The number of hydrogen-bond donors (Lipinski definition) is 1. The zero-order valence-corrected chi connectivity index (χ0v) is 9.36. The molecule has 0 aromatic carbocycles.